The van der Waals surface area contributed by atoms with Gasteiger partial charge in [-0.15, -0.1) is 0 Å². The van der Waals surface area contributed by atoms with E-state index >= 15 is 0 Å². The van der Waals surface area contributed by atoms with Crippen LogP contribution in [0.1, 0.15) is 27.2 Å². The second kappa shape index (κ2) is 6.23. The maximum atomic E-state index is 13.8. The number of halogens is 2. The molecular weight excluding hydrogens is 304 g/mol. The van der Waals surface area contributed by atoms with Gasteiger partial charge in [-0.1, -0.05) is 26.8 Å². The van der Waals surface area contributed by atoms with Crippen LogP contribution in [0, 0.1) is 17.0 Å². The Balaban J connectivity index is 2.12. The van der Waals surface area contributed by atoms with Crippen LogP contribution >= 0.6 is 0 Å². The maximum absolute atomic E-state index is 13.8. The van der Waals surface area contributed by atoms with E-state index in [-0.39, 0.29) is 18.7 Å². The summed E-state index contributed by atoms with van der Waals surface area (Å²) < 4.78 is 27.6. The van der Waals surface area contributed by atoms with Crippen molar-refractivity contribution in [2.75, 3.05) is 11.4 Å². The van der Waals surface area contributed by atoms with Crippen LogP contribution in [-0.2, 0) is 9.59 Å². The molecule has 1 heterocycles. The number of amides is 2. The number of carbonyl (C=O) groups is 2. The van der Waals surface area contributed by atoms with Crippen LogP contribution < -0.4 is 16.0 Å². The zero-order valence-corrected chi connectivity index (χ0v) is 13.4. The average molecular weight is 325 g/mol. The summed E-state index contributed by atoms with van der Waals surface area (Å²) in [6, 6.07) is 1.81. The number of para-hydroxylation sites is 1. The number of hydrogen-bond donors (Lipinski definition) is 2. The topological polar surface area (TPSA) is 75.4 Å². The first-order chi connectivity index (χ1) is 10.6. The quantitative estimate of drug-likeness (QED) is 0.885. The number of nitrogens with two attached hydrogens (primary N) is 1. The van der Waals surface area contributed by atoms with Gasteiger partial charge in [-0.3, -0.25) is 9.59 Å². The third-order valence-electron chi connectivity index (χ3n) is 3.94. The molecule has 0 aliphatic carbocycles. The third-order valence-corrected chi connectivity index (χ3v) is 3.94. The molecule has 1 aromatic carbocycles. The van der Waals surface area contributed by atoms with Crippen molar-refractivity contribution in [2.24, 2.45) is 11.1 Å². The fourth-order valence-electron chi connectivity index (χ4n) is 2.44. The molecule has 2 atom stereocenters. The molecular formula is C16H21F2N3O2. The number of nitrogens with zero attached hydrogens (tertiary/aromatic N) is 1. The molecule has 126 valence electrons. The first-order valence-electron chi connectivity index (χ1n) is 7.44. The fraction of sp³-hybridized carbons (Fsp3) is 0.500. The Hall–Kier alpha value is -2.02. The van der Waals surface area contributed by atoms with E-state index in [1.807, 2.05) is 20.8 Å². The van der Waals surface area contributed by atoms with Crippen LogP contribution in [-0.4, -0.2) is 30.4 Å². The standard InChI is InChI=1S/C16H21F2N3O2/c1-16(2,3)13(19)14(22)20-11-7-8-21(15(11)23)12-9(17)5-4-6-10(12)18/h4-6,11,13H,7-8,19H2,1-3H3,(H,20,22)/t11?,13-/m1/s1. The molecule has 1 aliphatic rings. The first-order valence-corrected chi connectivity index (χ1v) is 7.44. The van der Waals surface area contributed by atoms with E-state index in [4.69, 9.17) is 5.73 Å². The highest BCUT2D eigenvalue weighted by Crippen LogP contribution is 2.28. The van der Waals surface area contributed by atoms with Crippen molar-refractivity contribution in [1.82, 2.24) is 5.32 Å². The molecule has 1 aromatic rings. The summed E-state index contributed by atoms with van der Waals surface area (Å²) in [5.74, 6) is -2.61. The van der Waals surface area contributed by atoms with Gasteiger partial charge in [-0.2, -0.15) is 0 Å². The lowest BCUT2D eigenvalue weighted by Gasteiger charge is -2.27. The van der Waals surface area contributed by atoms with Crippen LogP contribution in [0.5, 0.6) is 0 Å². The van der Waals surface area contributed by atoms with Crippen molar-refractivity contribution in [3.63, 3.8) is 0 Å². The highest BCUT2D eigenvalue weighted by Gasteiger charge is 2.38. The van der Waals surface area contributed by atoms with Crippen LogP contribution in [0.15, 0.2) is 18.2 Å². The maximum Gasteiger partial charge on any atom is 0.249 e. The van der Waals surface area contributed by atoms with Gasteiger partial charge in [0.15, 0.2) is 0 Å². The van der Waals surface area contributed by atoms with E-state index in [1.54, 1.807) is 0 Å². The zero-order valence-electron chi connectivity index (χ0n) is 13.4. The molecule has 0 spiro atoms. The first kappa shape index (κ1) is 17.3. The average Bonchev–Trinajstić information content (AvgIpc) is 2.79. The number of hydrogen-bond acceptors (Lipinski definition) is 3. The Morgan fingerprint density at radius 1 is 1.35 bits per heavy atom. The van der Waals surface area contributed by atoms with Gasteiger partial charge in [0.2, 0.25) is 11.8 Å². The van der Waals surface area contributed by atoms with Gasteiger partial charge in [0.25, 0.3) is 0 Å². The van der Waals surface area contributed by atoms with Crippen molar-refractivity contribution in [2.45, 2.75) is 39.3 Å². The Bertz CT molecular complexity index is 608. The van der Waals surface area contributed by atoms with Gasteiger partial charge in [0.05, 0.1) is 6.04 Å². The van der Waals surface area contributed by atoms with Crippen molar-refractivity contribution in [1.29, 1.82) is 0 Å². The molecule has 1 unspecified atom stereocenters. The Morgan fingerprint density at radius 3 is 2.43 bits per heavy atom. The van der Waals surface area contributed by atoms with Crippen molar-refractivity contribution < 1.29 is 18.4 Å². The lowest BCUT2D eigenvalue weighted by molar-refractivity contribution is -0.128. The molecule has 5 nitrogen and oxygen atoms in total. The lowest BCUT2D eigenvalue weighted by atomic mass is 9.87. The van der Waals surface area contributed by atoms with Crippen LogP contribution in [0.2, 0.25) is 0 Å². The minimum atomic E-state index is -0.824. The molecule has 0 saturated carbocycles. The third kappa shape index (κ3) is 3.50. The summed E-state index contributed by atoms with van der Waals surface area (Å²) in [6.07, 6.45) is 0.273. The van der Waals surface area contributed by atoms with Gasteiger partial charge >= 0.3 is 0 Å². The lowest BCUT2D eigenvalue weighted by Crippen LogP contribution is -2.53. The summed E-state index contributed by atoms with van der Waals surface area (Å²) in [4.78, 5) is 25.5. The molecule has 2 rings (SSSR count). The number of benzene rings is 1. The number of carbonyl (C=O) groups excluding carboxylic acids is 2. The minimum absolute atomic E-state index is 0.131. The Morgan fingerprint density at radius 2 is 1.91 bits per heavy atom. The van der Waals surface area contributed by atoms with Gasteiger partial charge in [-0.25, -0.2) is 8.78 Å². The highest BCUT2D eigenvalue weighted by molar-refractivity contribution is 6.02. The highest BCUT2D eigenvalue weighted by atomic mass is 19.1. The van der Waals surface area contributed by atoms with Gasteiger partial charge < -0.3 is 16.0 Å². The number of rotatable bonds is 3. The second-order valence-electron chi connectivity index (χ2n) is 6.75. The molecule has 1 saturated heterocycles. The molecule has 7 heteroatoms. The molecule has 0 aromatic heterocycles. The summed E-state index contributed by atoms with van der Waals surface area (Å²) in [5.41, 5.74) is 5.02. The van der Waals surface area contributed by atoms with E-state index in [0.29, 0.717) is 0 Å². The van der Waals surface area contributed by atoms with E-state index in [0.717, 1.165) is 17.0 Å². The summed E-state index contributed by atoms with van der Waals surface area (Å²) in [6.45, 7) is 5.57. The molecule has 3 N–H and O–H groups in total. The zero-order chi connectivity index (χ0) is 17.4. The van der Waals surface area contributed by atoms with Gasteiger partial charge in [-0.05, 0) is 24.0 Å². The Kier molecular flexibility index (Phi) is 4.70. The number of nitrogens with one attached hydrogen (secondary N) is 1. The Labute approximate surface area is 133 Å². The van der Waals surface area contributed by atoms with E-state index in [9.17, 15) is 18.4 Å². The van der Waals surface area contributed by atoms with E-state index in [2.05, 4.69) is 5.32 Å². The van der Waals surface area contributed by atoms with E-state index < -0.39 is 40.9 Å². The molecule has 1 fully saturated rings. The van der Waals surface area contributed by atoms with Crippen molar-refractivity contribution in [3.8, 4) is 0 Å². The van der Waals surface area contributed by atoms with Gasteiger partial charge in [0, 0.05) is 6.54 Å². The van der Waals surface area contributed by atoms with Crippen LogP contribution in [0.4, 0.5) is 14.5 Å². The molecule has 0 radical (unpaired) electrons. The van der Waals surface area contributed by atoms with Gasteiger partial charge in [0.1, 0.15) is 23.4 Å². The van der Waals surface area contributed by atoms with Crippen molar-refractivity contribution in [3.05, 3.63) is 29.8 Å². The van der Waals surface area contributed by atoms with Crippen LogP contribution in [0.25, 0.3) is 0 Å². The molecule has 1 aliphatic heterocycles. The smallest absolute Gasteiger partial charge is 0.249 e. The minimum Gasteiger partial charge on any atom is -0.343 e. The summed E-state index contributed by atoms with van der Waals surface area (Å²) >= 11 is 0. The SMILES string of the molecule is CC(C)(C)[C@H](N)C(=O)NC1CCN(c2c(F)cccc2F)C1=O. The largest absolute Gasteiger partial charge is 0.343 e. The molecule has 0 bridgehead atoms. The summed E-state index contributed by atoms with van der Waals surface area (Å²) in [7, 11) is 0. The van der Waals surface area contributed by atoms with E-state index in [1.165, 1.54) is 6.07 Å². The molecule has 23 heavy (non-hydrogen) atoms. The normalized spacial score (nSPS) is 19.8. The predicted molar refractivity (Wildman–Crippen MR) is 82.7 cm³/mol. The monoisotopic (exact) mass is 325 g/mol. The fourth-order valence-corrected chi connectivity index (χ4v) is 2.44. The predicted octanol–water partition coefficient (Wildman–Crippen LogP) is 1.56. The second-order valence-corrected chi connectivity index (χ2v) is 6.75. The van der Waals surface area contributed by atoms with Crippen molar-refractivity contribution >= 4 is 17.5 Å². The number of anilines is 1. The summed E-state index contributed by atoms with van der Waals surface area (Å²) in [5, 5.41) is 2.57. The molecule has 2 amide bonds. The van der Waals surface area contributed by atoms with Crippen LogP contribution in [0.3, 0.4) is 0 Å².